The normalized spacial score (nSPS) is 25.3. The summed E-state index contributed by atoms with van der Waals surface area (Å²) in [7, 11) is 0. The summed E-state index contributed by atoms with van der Waals surface area (Å²) in [6, 6.07) is 0. The molecule has 0 spiro atoms. The van der Waals surface area contributed by atoms with Gasteiger partial charge in [-0.15, -0.1) is 0 Å². The van der Waals surface area contributed by atoms with Crippen molar-refractivity contribution in [2.45, 2.75) is 12.8 Å². The highest BCUT2D eigenvalue weighted by Crippen LogP contribution is 2.19. The molecular formula is C12H21N3O3. The number of rotatable bonds is 4. The molecule has 0 bridgehead atoms. The van der Waals surface area contributed by atoms with Crippen LogP contribution in [0.5, 0.6) is 0 Å². The van der Waals surface area contributed by atoms with Crippen LogP contribution >= 0.6 is 0 Å². The number of piperazine rings is 1. The summed E-state index contributed by atoms with van der Waals surface area (Å²) < 4.78 is 0. The first-order chi connectivity index (χ1) is 8.65. The lowest BCUT2D eigenvalue weighted by molar-refractivity contribution is -0.138. The Bertz CT molecular complexity index is 316. The second kappa shape index (κ2) is 6.15. The molecule has 0 aromatic heterocycles. The molecule has 2 rings (SSSR count). The van der Waals surface area contributed by atoms with E-state index in [4.69, 9.17) is 5.11 Å². The Balaban J connectivity index is 1.74. The zero-order valence-electron chi connectivity index (χ0n) is 10.6. The third-order valence-corrected chi connectivity index (χ3v) is 3.67. The van der Waals surface area contributed by atoms with Gasteiger partial charge in [-0.1, -0.05) is 0 Å². The van der Waals surface area contributed by atoms with E-state index in [1.807, 2.05) is 4.90 Å². The van der Waals surface area contributed by atoms with Crippen molar-refractivity contribution in [3.8, 4) is 0 Å². The molecule has 18 heavy (non-hydrogen) atoms. The number of nitrogens with zero attached hydrogens (tertiary/aromatic N) is 2. The minimum Gasteiger partial charge on any atom is -0.481 e. The van der Waals surface area contributed by atoms with E-state index in [2.05, 4.69) is 10.2 Å². The molecule has 1 unspecified atom stereocenters. The van der Waals surface area contributed by atoms with Crippen LogP contribution < -0.4 is 5.32 Å². The van der Waals surface area contributed by atoms with Crippen LogP contribution in [0.3, 0.4) is 0 Å². The topological polar surface area (TPSA) is 72.9 Å². The maximum atomic E-state index is 12.1. The maximum absolute atomic E-state index is 12.1. The average molecular weight is 255 g/mol. The van der Waals surface area contributed by atoms with E-state index in [0.717, 1.165) is 32.6 Å². The smallest absolute Gasteiger partial charge is 0.303 e. The van der Waals surface area contributed by atoms with E-state index in [1.54, 1.807) is 0 Å². The lowest BCUT2D eigenvalue weighted by atomic mass is 10.1. The zero-order valence-corrected chi connectivity index (χ0v) is 10.6. The van der Waals surface area contributed by atoms with Crippen LogP contribution in [-0.4, -0.2) is 72.6 Å². The van der Waals surface area contributed by atoms with Crippen LogP contribution in [0, 0.1) is 5.92 Å². The van der Waals surface area contributed by atoms with Crippen LogP contribution in [0.2, 0.25) is 0 Å². The van der Waals surface area contributed by atoms with E-state index < -0.39 is 5.97 Å². The van der Waals surface area contributed by atoms with E-state index in [0.29, 0.717) is 19.6 Å². The Morgan fingerprint density at radius 1 is 1.22 bits per heavy atom. The number of carbonyl (C=O) groups excluding carboxylic acids is 1. The van der Waals surface area contributed by atoms with Crippen molar-refractivity contribution in [1.82, 2.24) is 15.1 Å². The molecule has 102 valence electrons. The largest absolute Gasteiger partial charge is 0.481 e. The van der Waals surface area contributed by atoms with Gasteiger partial charge in [0.2, 0.25) is 5.91 Å². The highest BCUT2D eigenvalue weighted by molar-refractivity contribution is 5.78. The first-order valence-corrected chi connectivity index (χ1v) is 6.58. The van der Waals surface area contributed by atoms with Gasteiger partial charge in [0.05, 0.1) is 6.54 Å². The summed E-state index contributed by atoms with van der Waals surface area (Å²) in [6.07, 6.45) is 0.997. The van der Waals surface area contributed by atoms with Crippen molar-refractivity contribution in [2.75, 3.05) is 45.8 Å². The molecule has 6 heteroatoms. The Kier molecular flexibility index (Phi) is 4.54. The van der Waals surface area contributed by atoms with Crippen LogP contribution in [0.15, 0.2) is 0 Å². The molecular weight excluding hydrogens is 234 g/mol. The standard InChI is InChI=1S/C12H21N3O3/c16-11(9-14-5-2-13-3-6-14)15-4-1-10(8-15)7-12(17)18/h10,13H,1-9H2,(H,17,18). The quantitative estimate of drug-likeness (QED) is 0.689. The monoisotopic (exact) mass is 255 g/mol. The van der Waals surface area contributed by atoms with Gasteiger partial charge in [0.15, 0.2) is 0 Å². The van der Waals surface area contributed by atoms with Gasteiger partial charge in [0.25, 0.3) is 0 Å². The predicted octanol–water partition coefficient (Wildman–Crippen LogP) is -0.785. The molecule has 6 nitrogen and oxygen atoms in total. The molecule has 0 saturated carbocycles. The third kappa shape index (κ3) is 3.68. The Morgan fingerprint density at radius 3 is 2.61 bits per heavy atom. The number of likely N-dealkylation sites (tertiary alicyclic amines) is 1. The molecule has 2 saturated heterocycles. The van der Waals surface area contributed by atoms with E-state index >= 15 is 0 Å². The van der Waals surface area contributed by atoms with Crippen molar-refractivity contribution in [3.63, 3.8) is 0 Å². The Labute approximate surface area is 107 Å². The zero-order chi connectivity index (χ0) is 13.0. The Morgan fingerprint density at radius 2 is 1.94 bits per heavy atom. The Hall–Kier alpha value is -1.14. The second-order valence-electron chi connectivity index (χ2n) is 5.12. The second-order valence-corrected chi connectivity index (χ2v) is 5.12. The molecule has 0 aromatic rings. The highest BCUT2D eigenvalue weighted by Gasteiger charge is 2.28. The summed E-state index contributed by atoms with van der Waals surface area (Å²) in [6.45, 7) is 5.50. The van der Waals surface area contributed by atoms with Gasteiger partial charge >= 0.3 is 5.97 Å². The van der Waals surface area contributed by atoms with Gasteiger partial charge in [0.1, 0.15) is 0 Å². The van der Waals surface area contributed by atoms with Crippen LogP contribution in [-0.2, 0) is 9.59 Å². The lowest BCUT2D eigenvalue weighted by Crippen LogP contribution is -2.48. The van der Waals surface area contributed by atoms with Crippen molar-refractivity contribution >= 4 is 11.9 Å². The first kappa shape index (κ1) is 13.3. The first-order valence-electron chi connectivity index (χ1n) is 6.58. The minimum atomic E-state index is -0.767. The number of amides is 1. The predicted molar refractivity (Wildman–Crippen MR) is 66.2 cm³/mol. The maximum Gasteiger partial charge on any atom is 0.303 e. The fourth-order valence-electron chi connectivity index (χ4n) is 2.63. The fourth-order valence-corrected chi connectivity index (χ4v) is 2.63. The number of carbonyl (C=O) groups is 2. The molecule has 0 radical (unpaired) electrons. The molecule has 2 heterocycles. The number of carboxylic acid groups (broad SMARTS) is 1. The molecule has 2 N–H and O–H groups in total. The summed E-state index contributed by atoms with van der Waals surface area (Å²) in [4.78, 5) is 26.7. The van der Waals surface area contributed by atoms with Crippen molar-refractivity contribution in [2.24, 2.45) is 5.92 Å². The minimum absolute atomic E-state index is 0.134. The highest BCUT2D eigenvalue weighted by atomic mass is 16.4. The number of nitrogens with one attached hydrogen (secondary N) is 1. The summed E-state index contributed by atoms with van der Waals surface area (Å²) >= 11 is 0. The molecule has 2 fully saturated rings. The number of hydrogen-bond acceptors (Lipinski definition) is 4. The number of carboxylic acids is 1. The average Bonchev–Trinajstić information content (AvgIpc) is 2.78. The summed E-state index contributed by atoms with van der Waals surface area (Å²) in [5.41, 5.74) is 0. The van der Waals surface area contributed by atoms with E-state index in [-0.39, 0.29) is 18.2 Å². The van der Waals surface area contributed by atoms with Gasteiger partial charge < -0.3 is 15.3 Å². The van der Waals surface area contributed by atoms with Gasteiger partial charge in [-0.05, 0) is 12.3 Å². The molecule has 0 aromatic carbocycles. The van der Waals surface area contributed by atoms with Gasteiger partial charge in [-0.3, -0.25) is 14.5 Å². The van der Waals surface area contributed by atoms with Crippen molar-refractivity contribution < 1.29 is 14.7 Å². The third-order valence-electron chi connectivity index (χ3n) is 3.67. The van der Waals surface area contributed by atoms with Crippen LogP contribution in [0.25, 0.3) is 0 Å². The molecule has 1 atom stereocenters. The van der Waals surface area contributed by atoms with E-state index in [1.165, 1.54) is 0 Å². The molecule has 1 amide bonds. The van der Waals surface area contributed by atoms with E-state index in [9.17, 15) is 9.59 Å². The molecule has 0 aliphatic carbocycles. The number of aliphatic carboxylic acids is 1. The number of hydrogen-bond donors (Lipinski definition) is 2. The van der Waals surface area contributed by atoms with Crippen molar-refractivity contribution in [3.05, 3.63) is 0 Å². The molecule has 2 aliphatic heterocycles. The SMILES string of the molecule is O=C(O)CC1CCN(C(=O)CN2CCNCC2)C1. The fraction of sp³-hybridized carbons (Fsp3) is 0.833. The van der Waals surface area contributed by atoms with Crippen LogP contribution in [0.1, 0.15) is 12.8 Å². The van der Waals surface area contributed by atoms with Gasteiger partial charge in [-0.25, -0.2) is 0 Å². The lowest BCUT2D eigenvalue weighted by Gasteiger charge is -2.28. The summed E-state index contributed by atoms with van der Waals surface area (Å²) in [5.74, 6) is -0.490. The summed E-state index contributed by atoms with van der Waals surface area (Å²) in [5, 5.41) is 12.0. The van der Waals surface area contributed by atoms with Gasteiger partial charge in [-0.2, -0.15) is 0 Å². The van der Waals surface area contributed by atoms with Crippen molar-refractivity contribution in [1.29, 1.82) is 0 Å². The molecule has 2 aliphatic rings. The van der Waals surface area contributed by atoms with Gasteiger partial charge in [0, 0.05) is 45.7 Å². The van der Waals surface area contributed by atoms with Crippen LogP contribution in [0.4, 0.5) is 0 Å².